The fraction of sp³-hybridized carbons (Fsp3) is 0.0938. The molecule has 0 spiro atoms. The number of thiazole rings is 1. The van der Waals surface area contributed by atoms with Crippen LogP contribution in [0.3, 0.4) is 0 Å². The van der Waals surface area contributed by atoms with Crippen molar-refractivity contribution in [2.24, 2.45) is 4.99 Å². The zero-order chi connectivity index (χ0) is 31.8. The van der Waals surface area contributed by atoms with Crippen molar-refractivity contribution in [1.82, 2.24) is 4.57 Å². The summed E-state index contributed by atoms with van der Waals surface area (Å²) >= 11 is 13.5. The summed E-state index contributed by atoms with van der Waals surface area (Å²) in [5, 5.41) is 11.2. The molecule has 0 bridgehead atoms. The van der Waals surface area contributed by atoms with E-state index in [1.807, 2.05) is 18.2 Å². The first-order chi connectivity index (χ1) is 21.7. The zero-order valence-electron chi connectivity index (χ0n) is 23.2. The average Bonchev–Trinajstić information content (AvgIpc) is 3.62. The van der Waals surface area contributed by atoms with Crippen molar-refractivity contribution in [3.63, 3.8) is 0 Å². The normalized spacial score (nSPS) is 14.7. The van der Waals surface area contributed by atoms with Crippen molar-refractivity contribution >= 4 is 58.0 Å². The fourth-order valence-corrected chi connectivity index (χ4v) is 6.44. The number of rotatable bonds is 7. The molecule has 0 radical (unpaired) electrons. The lowest BCUT2D eigenvalue weighted by Gasteiger charge is -2.25. The molecule has 0 saturated heterocycles. The van der Waals surface area contributed by atoms with E-state index in [9.17, 15) is 24.1 Å². The van der Waals surface area contributed by atoms with Crippen LogP contribution >= 0.6 is 34.5 Å². The Morgan fingerprint density at radius 2 is 1.84 bits per heavy atom. The molecule has 45 heavy (non-hydrogen) atoms. The molecule has 0 fully saturated rings. The molecule has 0 N–H and O–H groups in total. The summed E-state index contributed by atoms with van der Waals surface area (Å²) < 4.78 is 27.0. The van der Waals surface area contributed by atoms with Gasteiger partial charge in [0.1, 0.15) is 22.4 Å². The maximum absolute atomic E-state index is 14.0. The summed E-state index contributed by atoms with van der Waals surface area (Å²) in [7, 11) is 0. The van der Waals surface area contributed by atoms with Crippen LogP contribution in [0, 0.1) is 15.9 Å². The number of hydrogen-bond acceptors (Lipinski definition) is 8. The summed E-state index contributed by atoms with van der Waals surface area (Å²) in [5.74, 6) is -0.569. The molecule has 2 aromatic heterocycles. The van der Waals surface area contributed by atoms with E-state index in [-0.39, 0.29) is 44.0 Å². The number of halogens is 3. The van der Waals surface area contributed by atoms with Gasteiger partial charge in [-0.1, -0.05) is 77.0 Å². The lowest BCUT2D eigenvalue weighted by Crippen LogP contribution is -2.40. The van der Waals surface area contributed by atoms with Crippen LogP contribution in [0.15, 0.2) is 98.6 Å². The van der Waals surface area contributed by atoms with E-state index in [0.29, 0.717) is 27.2 Å². The number of nitrogens with zero attached hydrogens (tertiary/aromatic N) is 3. The Hall–Kier alpha value is -4.84. The first-order valence-electron chi connectivity index (χ1n) is 13.4. The Kier molecular flexibility index (Phi) is 8.24. The highest BCUT2D eigenvalue weighted by atomic mass is 35.5. The predicted molar refractivity (Wildman–Crippen MR) is 168 cm³/mol. The van der Waals surface area contributed by atoms with Crippen LogP contribution in [0.4, 0.5) is 10.1 Å². The van der Waals surface area contributed by atoms with E-state index in [0.717, 1.165) is 17.4 Å². The molecule has 5 aromatic rings. The number of carbonyl (C=O) groups excluding carboxylic acids is 1. The largest absolute Gasteiger partial charge is 0.463 e. The van der Waals surface area contributed by atoms with Gasteiger partial charge in [-0.05, 0) is 42.8 Å². The van der Waals surface area contributed by atoms with Gasteiger partial charge in [0.15, 0.2) is 4.80 Å². The maximum Gasteiger partial charge on any atom is 0.338 e. The molecule has 0 unspecified atom stereocenters. The number of nitro benzene ring substituents is 1. The molecular formula is C32H20Cl2FN3O6S. The number of furan rings is 1. The minimum atomic E-state index is -0.966. The van der Waals surface area contributed by atoms with E-state index < -0.39 is 28.3 Å². The molecule has 9 nitrogen and oxygen atoms in total. The molecule has 226 valence electrons. The molecule has 6 rings (SSSR count). The van der Waals surface area contributed by atoms with Gasteiger partial charge in [0.25, 0.3) is 11.2 Å². The molecule has 13 heteroatoms. The fourth-order valence-electron chi connectivity index (χ4n) is 4.97. The van der Waals surface area contributed by atoms with Gasteiger partial charge >= 0.3 is 5.97 Å². The Morgan fingerprint density at radius 1 is 1.11 bits per heavy atom. The Balaban J connectivity index is 1.53. The number of carbonyl (C=O) groups is 1. The molecular weight excluding hydrogens is 644 g/mol. The van der Waals surface area contributed by atoms with Crippen LogP contribution in [0.5, 0.6) is 0 Å². The second-order valence-electron chi connectivity index (χ2n) is 9.73. The van der Waals surface area contributed by atoms with Crippen molar-refractivity contribution in [3.8, 4) is 11.3 Å². The molecule has 0 saturated carbocycles. The van der Waals surface area contributed by atoms with Crippen LogP contribution in [0.25, 0.3) is 23.1 Å². The number of fused-ring (bicyclic) bond motifs is 1. The van der Waals surface area contributed by atoms with Crippen LogP contribution in [0.1, 0.15) is 29.9 Å². The highest BCUT2D eigenvalue weighted by Gasteiger charge is 2.35. The van der Waals surface area contributed by atoms with E-state index in [4.69, 9.17) is 37.3 Å². The van der Waals surface area contributed by atoms with Crippen molar-refractivity contribution in [2.75, 3.05) is 6.61 Å². The van der Waals surface area contributed by atoms with Gasteiger partial charge in [-0.2, -0.15) is 0 Å². The van der Waals surface area contributed by atoms with Gasteiger partial charge in [0.2, 0.25) is 0 Å². The minimum Gasteiger partial charge on any atom is -0.463 e. The topological polar surface area (TPSA) is 117 Å². The van der Waals surface area contributed by atoms with Crippen LogP contribution in [0.2, 0.25) is 10.0 Å². The van der Waals surface area contributed by atoms with Crippen molar-refractivity contribution in [3.05, 3.63) is 147 Å². The van der Waals surface area contributed by atoms with E-state index in [1.165, 1.54) is 41.0 Å². The van der Waals surface area contributed by atoms with Crippen LogP contribution in [-0.2, 0) is 9.53 Å². The standard InChI is InChI=1S/C32H20Cl2FN3O6S/c1-2-43-31(40)27-28(17-6-4-3-5-7-17)36-32-37(29(27)18-8-10-19(35)11-9-18)30(39)26(45-32)14-20-12-13-25(44-20)21-15-23(34)24(38(41)42)16-22(21)33/h3-16,29H,2H2,1H3/b26-14+/t29-/m0/s1. The monoisotopic (exact) mass is 663 g/mol. The van der Waals surface area contributed by atoms with Gasteiger partial charge in [-0.25, -0.2) is 14.2 Å². The van der Waals surface area contributed by atoms with E-state index >= 15 is 0 Å². The van der Waals surface area contributed by atoms with Crippen LogP contribution in [-0.4, -0.2) is 22.1 Å². The smallest absolute Gasteiger partial charge is 0.338 e. The Labute approximate surface area is 267 Å². The lowest BCUT2D eigenvalue weighted by atomic mass is 9.93. The Morgan fingerprint density at radius 3 is 2.53 bits per heavy atom. The third-order valence-electron chi connectivity index (χ3n) is 6.96. The first kappa shape index (κ1) is 30.2. The highest BCUT2D eigenvalue weighted by molar-refractivity contribution is 7.07. The van der Waals surface area contributed by atoms with Gasteiger partial charge in [0, 0.05) is 23.3 Å². The van der Waals surface area contributed by atoms with Gasteiger partial charge < -0.3 is 9.15 Å². The average molecular weight is 664 g/mol. The third-order valence-corrected chi connectivity index (χ3v) is 8.56. The summed E-state index contributed by atoms with van der Waals surface area (Å²) in [5.41, 5.74) is 1.12. The highest BCUT2D eigenvalue weighted by Crippen LogP contribution is 2.38. The number of nitro groups is 1. The predicted octanol–water partition coefficient (Wildman–Crippen LogP) is 6.55. The van der Waals surface area contributed by atoms with Gasteiger partial charge in [0.05, 0.1) is 38.4 Å². The van der Waals surface area contributed by atoms with E-state index in [1.54, 1.807) is 31.2 Å². The van der Waals surface area contributed by atoms with Gasteiger partial charge in [-0.3, -0.25) is 19.5 Å². The first-order valence-corrected chi connectivity index (χ1v) is 15.0. The summed E-state index contributed by atoms with van der Waals surface area (Å²) in [6.07, 6.45) is 1.52. The maximum atomic E-state index is 14.0. The van der Waals surface area contributed by atoms with Crippen LogP contribution < -0.4 is 14.9 Å². The van der Waals surface area contributed by atoms with Crippen molar-refractivity contribution in [2.45, 2.75) is 13.0 Å². The molecule has 0 aliphatic carbocycles. The SMILES string of the molecule is CCOC(=O)C1=C(c2ccccc2)N=c2s/c(=C/c3ccc(-c4cc(Cl)c([N+](=O)[O-])cc4Cl)o3)c(=O)n2[C@H]1c1ccc(F)cc1. The third kappa shape index (κ3) is 5.73. The molecule has 1 aliphatic rings. The molecule has 3 heterocycles. The number of hydrogen-bond donors (Lipinski definition) is 0. The zero-order valence-corrected chi connectivity index (χ0v) is 25.5. The van der Waals surface area contributed by atoms with Crippen molar-refractivity contribution < 1.29 is 23.3 Å². The summed E-state index contributed by atoms with van der Waals surface area (Å²) in [6.45, 7) is 1.77. The number of aromatic nitrogens is 1. The molecule has 1 aliphatic heterocycles. The molecule has 1 atom stereocenters. The number of ether oxygens (including phenoxy) is 1. The lowest BCUT2D eigenvalue weighted by molar-refractivity contribution is -0.384. The molecule has 0 amide bonds. The quantitative estimate of drug-likeness (QED) is 0.111. The number of benzene rings is 3. The second-order valence-corrected chi connectivity index (χ2v) is 11.5. The minimum absolute atomic E-state index is 0.0607. The summed E-state index contributed by atoms with van der Waals surface area (Å²) in [6, 6.07) is 19.3. The molecule has 3 aromatic carbocycles. The van der Waals surface area contributed by atoms with Gasteiger partial charge in [-0.15, -0.1) is 0 Å². The summed E-state index contributed by atoms with van der Waals surface area (Å²) in [4.78, 5) is 43.1. The van der Waals surface area contributed by atoms with E-state index in [2.05, 4.69) is 0 Å². The number of esters is 1. The van der Waals surface area contributed by atoms with Crippen molar-refractivity contribution in [1.29, 1.82) is 0 Å². The second kappa shape index (κ2) is 12.3. The Bertz CT molecular complexity index is 2190.